The molecule has 0 radical (unpaired) electrons. The highest BCUT2D eigenvalue weighted by atomic mass is 19.1. The number of halogens is 1. The van der Waals surface area contributed by atoms with E-state index in [2.05, 4.69) is 0 Å². The number of carbonyl (C=O) groups is 2. The van der Waals surface area contributed by atoms with Crippen LogP contribution in [-0.4, -0.2) is 23.5 Å². The van der Waals surface area contributed by atoms with E-state index in [1.807, 2.05) is 0 Å². The van der Waals surface area contributed by atoms with Gasteiger partial charge >= 0.3 is 5.97 Å². The Morgan fingerprint density at radius 1 is 1.86 bits per heavy atom. The van der Waals surface area contributed by atoms with Crippen molar-refractivity contribution < 1.29 is 19.1 Å². The van der Waals surface area contributed by atoms with Gasteiger partial charge in [0, 0.05) is 0 Å². The van der Waals surface area contributed by atoms with Crippen LogP contribution in [0.1, 0.15) is 0 Å². The SMILES string of the molecule is O=C[C@@H](F)C(=O)O. The van der Waals surface area contributed by atoms with Gasteiger partial charge in [-0.1, -0.05) is 0 Å². The number of carboxylic acids is 1. The molecule has 40 valence electrons. The zero-order valence-corrected chi connectivity index (χ0v) is 3.30. The second-order valence-corrected chi connectivity index (χ2v) is 0.876. The molecule has 1 N–H and O–H groups in total. The van der Waals surface area contributed by atoms with Crippen LogP contribution in [0, 0.1) is 0 Å². The lowest BCUT2D eigenvalue weighted by Crippen LogP contribution is -2.14. The summed E-state index contributed by atoms with van der Waals surface area (Å²) in [6.45, 7) is 0. The average molecular weight is 106 g/mol. The fraction of sp³-hybridized carbons (Fsp3) is 0.333. The van der Waals surface area contributed by atoms with Crippen molar-refractivity contribution in [3.8, 4) is 0 Å². The van der Waals surface area contributed by atoms with Gasteiger partial charge < -0.3 is 5.11 Å². The molecule has 0 aliphatic heterocycles. The van der Waals surface area contributed by atoms with Crippen molar-refractivity contribution >= 4 is 12.3 Å². The molecule has 0 aliphatic carbocycles. The number of hydrogen-bond acceptors (Lipinski definition) is 2. The summed E-state index contributed by atoms with van der Waals surface area (Å²) in [5.41, 5.74) is 0. The Hall–Kier alpha value is -0.930. The van der Waals surface area contributed by atoms with E-state index in [4.69, 9.17) is 5.11 Å². The van der Waals surface area contributed by atoms with Crippen LogP contribution in [0.15, 0.2) is 0 Å². The van der Waals surface area contributed by atoms with Crippen LogP contribution >= 0.6 is 0 Å². The van der Waals surface area contributed by atoms with E-state index in [1.54, 1.807) is 0 Å². The third kappa shape index (κ3) is 1.86. The maximum Gasteiger partial charge on any atom is 0.345 e. The van der Waals surface area contributed by atoms with Gasteiger partial charge in [0.25, 0.3) is 6.17 Å². The van der Waals surface area contributed by atoms with Crippen molar-refractivity contribution in [1.82, 2.24) is 0 Å². The van der Waals surface area contributed by atoms with E-state index >= 15 is 0 Å². The summed E-state index contributed by atoms with van der Waals surface area (Å²) in [5, 5.41) is 7.58. The van der Waals surface area contributed by atoms with Crippen molar-refractivity contribution in [3.63, 3.8) is 0 Å². The van der Waals surface area contributed by atoms with Gasteiger partial charge in [-0.3, -0.25) is 4.79 Å². The van der Waals surface area contributed by atoms with Crippen molar-refractivity contribution in [2.75, 3.05) is 0 Å². The number of alkyl halides is 1. The highest BCUT2D eigenvalue weighted by Gasteiger charge is 2.11. The fourth-order valence-corrected chi connectivity index (χ4v) is 0.0582. The molecule has 0 bridgehead atoms. The molecule has 4 heteroatoms. The van der Waals surface area contributed by atoms with Crippen LogP contribution in [0.25, 0.3) is 0 Å². The Kier molecular flexibility index (Phi) is 1.98. The molecule has 0 aliphatic rings. The molecule has 0 fully saturated rings. The van der Waals surface area contributed by atoms with Crippen molar-refractivity contribution in [2.45, 2.75) is 6.17 Å². The minimum Gasteiger partial charge on any atom is -0.479 e. The highest BCUT2D eigenvalue weighted by molar-refractivity contribution is 5.89. The minimum atomic E-state index is -2.36. The van der Waals surface area contributed by atoms with E-state index in [9.17, 15) is 14.0 Å². The summed E-state index contributed by atoms with van der Waals surface area (Å²) in [6, 6.07) is 0. The minimum absolute atomic E-state index is 0.275. The molecule has 0 rings (SSSR count). The lowest BCUT2D eigenvalue weighted by atomic mass is 10.4. The van der Waals surface area contributed by atoms with Gasteiger partial charge in [-0.25, -0.2) is 9.18 Å². The van der Waals surface area contributed by atoms with Gasteiger partial charge in [0.05, 0.1) is 0 Å². The molecule has 0 heterocycles. The Balaban J connectivity index is 3.55. The van der Waals surface area contributed by atoms with Gasteiger partial charge in [-0.2, -0.15) is 0 Å². The molecule has 7 heavy (non-hydrogen) atoms. The number of aliphatic carboxylic acids is 1. The Labute approximate surface area is 38.8 Å². The summed E-state index contributed by atoms with van der Waals surface area (Å²) < 4.78 is 11.3. The zero-order valence-electron chi connectivity index (χ0n) is 3.30. The van der Waals surface area contributed by atoms with Gasteiger partial charge in [0.2, 0.25) is 0 Å². The average Bonchev–Trinajstić information content (AvgIpc) is 1.65. The predicted molar refractivity (Wildman–Crippen MR) is 18.6 cm³/mol. The predicted octanol–water partition coefficient (Wildman–Crippen LogP) is -0.392. The standard InChI is InChI=1S/C3H3FO3/c4-2(1-5)3(6)7/h1-2H,(H,6,7)/t2-/m1/s1. The summed E-state index contributed by atoms with van der Waals surface area (Å²) in [4.78, 5) is 18.5. The van der Waals surface area contributed by atoms with Gasteiger partial charge in [-0.05, 0) is 0 Å². The second kappa shape index (κ2) is 2.28. The topological polar surface area (TPSA) is 54.4 Å². The van der Waals surface area contributed by atoms with E-state index < -0.39 is 12.1 Å². The van der Waals surface area contributed by atoms with Crippen LogP contribution in [0.2, 0.25) is 0 Å². The van der Waals surface area contributed by atoms with Crippen LogP contribution in [0.5, 0.6) is 0 Å². The molecular formula is C3H3FO3. The summed E-state index contributed by atoms with van der Waals surface area (Å²) in [6.07, 6.45) is -2.64. The largest absolute Gasteiger partial charge is 0.479 e. The molecule has 0 saturated heterocycles. The van der Waals surface area contributed by atoms with E-state index in [-0.39, 0.29) is 6.29 Å². The van der Waals surface area contributed by atoms with E-state index in [1.165, 1.54) is 0 Å². The molecule has 1 atom stereocenters. The summed E-state index contributed by atoms with van der Waals surface area (Å²) >= 11 is 0. The molecule has 0 unspecified atom stereocenters. The zero-order chi connectivity index (χ0) is 5.86. The first-order valence-electron chi connectivity index (χ1n) is 1.50. The molecule has 0 aromatic rings. The molecule has 3 nitrogen and oxygen atoms in total. The first-order valence-corrected chi connectivity index (χ1v) is 1.50. The van der Waals surface area contributed by atoms with E-state index in [0.717, 1.165) is 0 Å². The quantitative estimate of drug-likeness (QED) is 0.385. The van der Waals surface area contributed by atoms with Gasteiger partial charge in [0.15, 0.2) is 6.29 Å². The van der Waals surface area contributed by atoms with Crippen molar-refractivity contribution in [2.24, 2.45) is 0 Å². The molecule has 0 saturated carbocycles. The maximum absolute atomic E-state index is 11.3. The first kappa shape index (κ1) is 6.07. The molecule has 0 spiro atoms. The summed E-state index contributed by atoms with van der Waals surface area (Å²) in [7, 11) is 0. The van der Waals surface area contributed by atoms with Crippen LogP contribution < -0.4 is 0 Å². The number of carboxylic acid groups (broad SMARTS) is 1. The third-order valence-corrected chi connectivity index (χ3v) is 0.355. The van der Waals surface area contributed by atoms with Gasteiger partial charge in [0.1, 0.15) is 0 Å². The molecule has 0 aromatic heterocycles. The fourth-order valence-electron chi connectivity index (χ4n) is 0.0582. The summed E-state index contributed by atoms with van der Waals surface area (Å²) in [5.74, 6) is -1.74. The first-order chi connectivity index (χ1) is 3.18. The Morgan fingerprint density at radius 2 is 2.29 bits per heavy atom. The molecule has 0 amide bonds. The number of hydrogen-bond donors (Lipinski definition) is 1. The number of carbonyl (C=O) groups excluding carboxylic acids is 1. The van der Waals surface area contributed by atoms with Crippen LogP contribution in [-0.2, 0) is 9.59 Å². The normalized spacial score (nSPS) is 12.7. The maximum atomic E-state index is 11.3. The van der Waals surface area contributed by atoms with Gasteiger partial charge in [-0.15, -0.1) is 0 Å². The molecular weight excluding hydrogens is 103 g/mol. The Bertz CT molecular complexity index is 90.2. The lowest BCUT2D eigenvalue weighted by Gasteiger charge is -1.84. The number of aldehydes is 1. The monoisotopic (exact) mass is 106 g/mol. The van der Waals surface area contributed by atoms with E-state index in [0.29, 0.717) is 0 Å². The third-order valence-electron chi connectivity index (χ3n) is 0.355. The van der Waals surface area contributed by atoms with Crippen LogP contribution in [0.3, 0.4) is 0 Å². The second-order valence-electron chi connectivity index (χ2n) is 0.876. The Morgan fingerprint density at radius 3 is 2.29 bits per heavy atom. The number of rotatable bonds is 2. The molecule has 0 aromatic carbocycles. The van der Waals surface area contributed by atoms with Crippen molar-refractivity contribution in [1.29, 1.82) is 0 Å². The highest BCUT2D eigenvalue weighted by Crippen LogP contribution is 1.81. The van der Waals surface area contributed by atoms with Crippen LogP contribution in [0.4, 0.5) is 4.39 Å². The lowest BCUT2D eigenvalue weighted by molar-refractivity contribution is -0.144. The van der Waals surface area contributed by atoms with Crippen molar-refractivity contribution in [3.05, 3.63) is 0 Å². The smallest absolute Gasteiger partial charge is 0.345 e.